The Morgan fingerprint density at radius 1 is 1.44 bits per heavy atom. The highest BCUT2D eigenvalue weighted by Crippen LogP contribution is 2.27. The van der Waals surface area contributed by atoms with Gasteiger partial charge < -0.3 is 14.6 Å². The van der Waals surface area contributed by atoms with Crippen LogP contribution in [0, 0.1) is 0 Å². The summed E-state index contributed by atoms with van der Waals surface area (Å²) in [5.41, 5.74) is 0.541. The standard InChI is InChI=1S/C12H16O4/c1-9(14)5-6-16-11-4-3-10(8-13)7-12(11)15-2/h3-4,7-9,14H,5-6H2,1-2H3. The molecule has 0 heterocycles. The summed E-state index contributed by atoms with van der Waals surface area (Å²) < 4.78 is 10.5. The van der Waals surface area contributed by atoms with Gasteiger partial charge in [0.15, 0.2) is 11.5 Å². The molecule has 1 atom stereocenters. The van der Waals surface area contributed by atoms with Crippen molar-refractivity contribution in [3.63, 3.8) is 0 Å². The van der Waals surface area contributed by atoms with E-state index in [2.05, 4.69) is 0 Å². The summed E-state index contributed by atoms with van der Waals surface area (Å²) in [6, 6.07) is 4.96. The van der Waals surface area contributed by atoms with Gasteiger partial charge in [0, 0.05) is 12.0 Å². The van der Waals surface area contributed by atoms with E-state index >= 15 is 0 Å². The highest BCUT2D eigenvalue weighted by atomic mass is 16.5. The van der Waals surface area contributed by atoms with Crippen molar-refractivity contribution in [2.24, 2.45) is 0 Å². The van der Waals surface area contributed by atoms with Gasteiger partial charge in [-0.3, -0.25) is 4.79 Å². The van der Waals surface area contributed by atoms with Crippen molar-refractivity contribution in [2.75, 3.05) is 13.7 Å². The van der Waals surface area contributed by atoms with Gasteiger partial charge in [-0.05, 0) is 25.1 Å². The zero-order valence-corrected chi connectivity index (χ0v) is 9.47. The number of aldehydes is 1. The Balaban J connectivity index is 2.68. The van der Waals surface area contributed by atoms with Crippen LogP contribution < -0.4 is 9.47 Å². The molecule has 0 amide bonds. The molecule has 88 valence electrons. The Morgan fingerprint density at radius 2 is 2.19 bits per heavy atom. The number of carbonyl (C=O) groups is 1. The number of carbonyl (C=O) groups excluding carboxylic acids is 1. The van der Waals surface area contributed by atoms with Gasteiger partial charge in [-0.25, -0.2) is 0 Å². The zero-order valence-electron chi connectivity index (χ0n) is 9.47. The summed E-state index contributed by atoms with van der Waals surface area (Å²) in [7, 11) is 1.52. The molecule has 1 aromatic rings. The Bertz CT molecular complexity index is 347. The Hall–Kier alpha value is -1.55. The van der Waals surface area contributed by atoms with Gasteiger partial charge in [-0.2, -0.15) is 0 Å². The summed E-state index contributed by atoms with van der Waals surface area (Å²) in [4.78, 5) is 10.6. The predicted octanol–water partition coefficient (Wildman–Crippen LogP) is 1.66. The minimum atomic E-state index is -0.389. The Labute approximate surface area is 94.8 Å². The van der Waals surface area contributed by atoms with E-state index in [1.54, 1.807) is 25.1 Å². The van der Waals surface area contributed by atoms with Crippen LogP contribution in [0.15, 0.2) is 18.2 Å². The molecule has 1 aromatic carbocycles. The van der Waals surface area contributed by atoms with Crippen molar-refractivity contribution in [3.05, 3.63) is 23.8 Å². The molecule has 0 fully saturated rings. The number of rotatable bonds is 6. The van der Waals surface area contributed by atoms with Crippen LogP contribution in [0.2, 0.25) is 0 Å². The maximum atomic E-state index is 10.6. The molecule has 16 heavy (non-hydrogen) atoms. The fourth-order valence-corrected chi connectivity index (χ4v) is 1.22. The maximum absolute atomic E-state index is 10.6. The molecule has 0 bridgehead atoms. The molecule has 0 radical (unpaired) electrons. The van der Waals surface area contributed by atoms with Crippen LogP contribution in [-0.2, 0) is 0 Å². The minimum absolute atomic E-state index is 0.389. The van der Waals surface area contributed by atoms with Crippen LogP contribution in [0.1, 0.15) is 23.7 Å². The number of hydrogen-bond acceptors (Lipinski definition) is 4. The average Bonchev–Trinajstić information content (AvgIpc) is 2.29. The van der Waals surface area contributed by atoms with Crippen LogP contribution in [0.25, 0.3) is 0 Å². The normalized spacial score (nSPS) is 11.9. The number of benzene rings is 1. The lowest BCUT2D eigenvalue weighted by molar-refractivity contribution is 0.112. The molecule has 0 aliphatic heterocycles. The molecule has 4 nitrogen and oxygen atoms in total. The van der Waals surface area contributed by atoms with E-state index in [9.17, 15) is 4.79 Å². The predicted molar refractivity (Wildman–Crippen MR) is 60.2 cm³/mol. The van der Waals surface area contributed by atoms with Crippen molar-refractivity contribution >= 4 is 6.29 Å². The average molecular weight is 224 g/mol. The lowest BCUT2D eigenvalue weighted by atomic mass is 10.2. The third-order valence-electron chi connectivity index (χ3n) is 2.12. The highest BCUT2D eigenvalue weighted by molar-refractivity contribution is 5.76. The molecular weight excluding hydrogens is 208 g/mol. The molecule has 0 aliphatic rings. The van der Waals surface area contributed by atoms with Crippen LogP contribution >= 0.6 is 0 Å². The summed E-state index contributed by atoms with van der Waals surface area (Å²) in [6.45, 7) is 2.12. The lowest BCUT2D eigenvalue weighted by Crippen LogP contribution is -2.08. The molecule has 1 N–H and O–H groups in total. The van der Waals surface area contributed by atoms with E-state index < -0.39 is 0 Å². The minimum Gasteiger partial charge on any atom is -0.493 e. The second-order valence-electron chi connectivity index (χ2n) is 3.51. The molecule has 0 saturated carbocycles. The molecule has 0 aliphatic carbocycles. The summed E-state index contributed by atoms with van der Waals surface area (Å²) in [6.07, 6.45) is 0.918. The topological polar surface area (TPSA) is 55.8 Å². The number of ether oxygens (including phenoxy) is 2. The first-order chi connectivity index (χ1) is 7.67. The van der Waals surface area contributed by atoms with Gasteiger partial charge in [0.25, 0.3) is 0 Å². The summed E-state index contributed by atoms with van der Waals surface area (Å²) >= 11 is 0. The molecule has 0 spiro atoms. The molecular formula is C12H16O4. The van der Waals surface area contributed by atoms with Crippen molar-refractivity contribution in [3.8, 4) is 11.5 Å². The van der Waals surface area contributed by atoms with Crippen LogP contribution in [0.4, 0.5) is 0 Å². The van der Waals surface area contributed by atoms with Crippen molar-refractivity contribution < 1.29 is 19.4 Å². The fourth-order valence-electron chi connectivity index (χ4n) is 1.22. The highest BCUT2D eigenvalue weighted by Gasteiger charge is 2.05. The Kier molecular flexibility index (Phi) is 4.79. The van der Waals surface area contributed by atoms with Gasteiger partial charge in [0.2, 0.25) is 0 Å². The molecule has 0 aromatic heterocycles. The quantitative estimate of drug-likeness (QED) is 0.746. The van der Waals surface area contributed by atoms with E-state index in [0.717, 1.165) is 6.29 Å². The van der Waals surface area contributed by atoms with Crippen molar-refractivity contribution in [2.45, 2.75) is 19.4 Å². The first-order valence-corrected chi connectivity index (χ1v) is 5.11. The second kappa shape index (κ2) is 6.12. The van der Waals surface area contributed by atoms with Gasteiger partial charge in [0.05, 0.1) is 19.8 Å². The number of aliphatic hydroxyl groups excluding tert-OH is 1. The third-order valence-corrected chi connectivity index (χ3v) is 2.12. The maximum Gasteiger partial charge on any atom is 0.161 e. The van der Waals surface area contributed by atoms with E-state index in [1.807, 2.05) is 0 Å². The first-order valence-electron chi connectivity index (χ1n) is 5.11. The summed E-state index contributed by atoms with van der Waals surface area (Å²) in [5, 5.41) is 9.08. The van der Waals surface area contributed by atoms with Gasteiger partial charge >= 0.3 is 0 Å². The first kappa shape index (κ1) is 12.5. The Morgan fingerprint density at radius 3 is 2.75 bits per heavy atom. The molecule has 4 heteroatoms. The fraction of sp³-hybridized carbons (Fsp3) is 0.417. The van der Waals surface area contributed by atoms with E-state index in [4.69, 9.17) is 14.6 Å². The number of aliphatic hydroxyl groups is 1. The monoisotopic (exact) mass is 224 g/mol. The van der Waals surface area contributed by atoms with Gasteiger partial charge in [-0.15, -0.1) is 0 Å². The van der Waals surface area contributed by atoms with Crippen LogP contribution in [-0.4, -0.2) is 31.2 Å². The SMILES string of the molecule is COc1cc(C=O)ccc1OCCC(C)O. The number of methoxy groups -OCH3 is 1. The van der Waals surface area contributed by atoms with E-state index in [-0.39, 0.29) is 6.10 Å². The second-order valence-corrected chi connectivity index (χ2v) is 3.51. The molecule has 1 unspecified atom stereocenters. The molecule has 1 rings (SSSR count). The van der Waals surface area contributed by atoms with Crippen molar-refractivity contribution in [1.29, 1.82) is 0 Å². The largest absolute Gasteiger partial charge is 0.493 e. The smallest absolute Gasteiger partial charge is 0.161 e. The van der Waals surface area contributed by atoms with E-state index in [0.29, 0.717) is 30.1 Å². The number of hydrogen-bond donors (Lipinski definition) is 1. The van der Waals surface area contributed by atoms with Crippen molar-refractivity contribution in [1.82, 2.24) is 0 Å². The lowest BCUT2D eigenvalue weighted by Gasteiger charge is -2.11. The molecule has 0 saturated heterocycles. The van der Waals surface area contributed by atoms with Gasteiger partial charge in [-0.1, -0.05) is 0 Å². The van der Waals surface area contributed by atoms with Crippen LogP contribution in [0.5, 0.6) is 11.5 Å². The van der Waals surface area contributed by atoms with Gasteiger partial charge in [0.1, 0.15) is 6.29 Å². The van der Waals surface area contributed by atoms with E-state index in [1.165, 1.54) is 7.11 Å². The third kappa shape index (κ3) is 3.55. The summed E-state index contributed by atoms with van der Waals surface area (Å²) in [5.74, 6) is 1.10. The zero-order chi connectivity index (χ0) is 12.0. The van der Waals surface area contributed by atoms with Crippen LogP contribution in [0.3, 0.4) is 0 Å².